The van der Waals surface area contributed by atoms with Gasteiger partial charge in [-0.3, -0.25) is 4.57 Å². The zero-order chi connectivity index (χ0) is 15.9. The molecule has 6 heteroatoms. The topological polar surface area (TPSA) is 34.9 Å². The van der Waals surface area contributed by atoms with E-state index in [1.54, 1.807) is 30.3 Å². The summed E-state index contributed by atoms with van der Waals surface area (Å²) < 4.78 is 40.1. The van der Waals surface area contributed by atoms with E-state index in [4.69, 9.17) is 0 Å². The lowest BCUT2D eigenvalue weighted by molar-refractivity contribution is -0.137. The summed E-state index contributed by atoms with van der Waals surface area (Å²) in [6.45, 7) is 0. The van der Waals surface area contributed by atoms with Gasteiger partial charge in [0.25, 0.3) is 0 Å². The van der Waals surface area contributed by atoms with Crippen LogP contribution in [0.1, 0.15) is 5.56 Å². The maximum Gasteiger partial charge on any atom is 0.416 e. The highest BCUT2D eigenvalue weighted by Crippen LogP contribution is 2.33. The van der Waals surface area contributed by atoms with Gasteiger partial charge in [0.15, 0.2) is 0 Å². The zero-order valence-corrected chi connectivity index (χ0v) is 11.6. The Balaban J connectivity index is 2.40. The minimum atomic E-state index is -4.45. The van der Waals surface area contributed by atoms with Gasteiger partial charge in [-0.05, 0) is 18.2 Å². The third-order valence-corrected chi connectivity index (χ3v) is 3.48. The number of alkyl halides is 3. The van der Waals surface area contributed by atoms with Crippen LogP contribution < -0.4 is 5.69 Å². The molecule has 0 amide bonds. The summed E-state index contributed by atoms with van der Waals surface area (Å²) in [4.78, 5) is 15.9. The second-order valence-corrected chi connectivity index (χ2v) is 4.90. The third-order valence-electron chi connectivity index (χ3n) is 3.48. The van der Waals surface area contributed by atoms with E-state index >= 15 is 0 Å². The van der Waals surface area contributed by atoms with Gasteiger partial charge >= 0.3 is 11.9 Å². The lowest BCUT2D eigenvalue weighted by atomic mass is 10.0. The molecule has 0 spiro atoms. The number of aryl methyl sites for hydroxylation is 1. The summed E-state index contributed by atoms with van der Waals surface area (Å²) in [5.74, 6) is 0. The van der Waals surface area contributed by atoms with Crippen LogP contribution in [0.25, 0.3) is 22.2 Å². The third kappa shape index (κ3) is 2.36. The quantitative estimate of drug-likeness (QED) is 0.688. The van der Waals surface area contributed by atoms with Crippen molar-refractivity contribution in [1.82, 2.24) is 9.55 Å². The van der Waals surface area contributed by atoms with Gasteiger partial charge in [-0.15, -0.1) is 0 Å². The molecule has 0 saturated heterocycles. The second-order valence-electron chi connectivity index (χ2n) is 4.90. The first-order valence-electron chi connectivity index (χ1n) is 6.51. The minimum Gasteiger partial charge on any atom is -0.295 e. The molecule has 0 atom stereocenters. The Kier molecular flexibility index (Phi) is 3.24. The van der Waals surface area contributed by atoms with Crippen molar-refractivity contribution in [3.8, 4) is 11.3 Å². The molecular weight excluding hydrogens is 293 g/mol. The lowest BCUT2D eigenvalue weighted by Crippen LogP contribution is -2.21. The van der Waals surface area contributed by atoms with Crippen LogP contribution in [0.3, 0.4) is 0 Å². The SMILES string of the molecule is Cn1c(=O)nc(-c2ccccc2)c2cc(C(F)(F)F)ccc21. The Morgan fingerprint density at radius 1 is 1.05 bits per heavy atom. The van der Waals surface area contributed by atoms with Crippen molar-refractivity contribution in [2.24, 2.45) is 7.05 Å². The molecule has 0 fully saturated rings. The predicted octanol–water partition coefficient (Wildman–Crippen LogP) is 3.62. The van der Waals surface area contributed by atoms with Gasteiger partial charge in [0, 0.05) is 18.0 Å². The summed E-state index contributed by atoms with van der Waals surface area (Å²) >= 11 is 0. The van der Waals surface area contributed by atoms with Crippen molar-refractivity contribution in [3.63, 3.8) is 0 Å². The summed E-state index contributed by atoms with van der Waals surface area (Å²) in [6, 6.07) is 12.0. The monoisotopic (exact) mass is 304 g/mol. The summed E-state index contributed by atoms with van der Waals surface area (Å²) in [5.41, 5.74) is -0.00933. The molecule has 0 aliphatic heterocycles. The Bertz CT molecular complexity index is 899. The molecule has 0 unspecified atom stereocenters. The van der Waals surface area contributed by atoms with E-state index in [1.165, 1.54) is 17.7 Å². The summed E-state index contributed by atoms with van der Waals surface area (Å²) in [5, 5.41) is 0.295. The van der Waals surface area contributed by atoms with E-state index in [-0.39, 0.29) is 5.69 Å². The number of benzene rings is 2. The molecule has 0 radical (unpaired) electrons. The van der Waals surface area contributed by atoms with Gasteiger partial charge in [0.2, 0.25) is 0 Å². The van der Waals surface area contributed by atoms with Crippen LogP contribution in [-0.2, 0) is 13.2 Å². The normalized spacial score (nSPS) is 11.8. The van der Waals surface area contributed by atoms with Crippen LogP contribution in [0.15, 0.2) is 53.3 Å². The molecule has 0 saturated carbocycles. The fourth-order valence-corrected chi connectivity index (χ4v) is 2.34. The number of rotatable bonds is 1. The predicted molar refractivity (Wildman–Crippen MR) is 77.4 cm³/mol. The first kappa shape index (κ1) is 14.3. The maximum atomic E-state index is 12.9. The Morgan fingerprint density at radius 2 is 1.73 bits per heavy atom. The van der Waals surface area contributed by atoms with E-state index in [2.05, 4.69) is 4.98 Å². The number of hydrogen-bond acceptors (Lipinski definition) is 2. The number of hydrogen-bond donors (Lipinski definition) is 0. The van der Waals surface area contributed by atoms with Gasteiger partial charge in [-0.2, -0.15) is 18.2 Å². The van der Waals surface area contributed by atoms with Gasteiger partial charge in [0.1, 0.15) is 0 Å². The second kappa shape index (κ2) is 4.98. The fourth-order valence-electron chi connectivity index (χ4n) is 2.34. The molecule has 112 valence electrons. The number of halogens is 3. The van der Waals surface area contributed by atoms with Crippen molar-refractivity contribution >= 4 is 10.9 Å². The van der Waals surface area contributed by atoms with E-state index in [9.17, 15) is 18.0 Å². The maximum absolute atomic E-state index is 12.9. The van der Waals surface area contributed by atoms with Crippen LogP contribution in [0.2, 0.25) is 0 Å². The highest BCUT2D eigenvalue weighted by molar-refractivity contribution is 5.92. The highest BCUT2D eigenvalue weighted by atomic mass is 19.4. The molecule has 0 bridgehead atoms. The molecule has 2 aromatic carbocycles. The van der Waals surface area contributed by atoms with E-state index in [0.717, 1.165) is 12.1 Å². The van der Waals surface area contributed by atoms with Gasteiger partial charge in [0.05, 0.1) is 16.8 Å². The molecule has 1 aromatic heterocycles. The molecule has 3 aromatic rings. The Morgan fingerprint density at radius 3 is 2.36 bits per heavy atom. The minimum absolute atomic E-state index is 0.254. The van der Waals surface area contributed by atoms with Crippen molar-refractivity contribution in [2.45, 2.75) is 6.18 Å². The van der Waals surface area contributed by atoms with Crippen LogP contribution >= 0.6 is 0 Å². The molecular formula is C16H11F3N2O. The van der Waals surface area contributed by atoms with Crippen molar-refractivity contribution in [3.05, 3.63) is 64.6 Å². The molecule has 0 aliphatic carbocycles. The van der Waals surface area contributed by atoms with Gasteiger partial charge in [-0.1, -0.05) is 30.3 Å². The highest BCUT2D eigenvalue weighted by Gasteiger charge is 2.31. The largest absolute Gasteiger partial charge is 0.416 e. The lowest BCUT2D eigenvalue weighted by Gasteiger charge is -2.12. The van der Waals surface area contributed by atoms with E-state index in [0.29, 0.717) is 16.5 Å². The first-order chi connectivity index (χ1) is 10.4. The van der Waals surface area contributed by atoms with Crippen molar-refractivity contribution < 1.29 is 13.2 Å². The Labute approximate surface area is 123 Å². The molecule has 22 heavy (non-hydrogen) atoms. The van der Waals surface area contributed by atoms with Crippen LogP contribution in [0, 0.1) is 0 Å². The summed E-state index contributed by atoms with van der Waals surface area (Å²) in [7, 11) is 1.49. The number of nitrogens with zero attached hydrogens (tertiary/aromatic N) is 2. The molecule has 3 rings (SSSR count). The number of aromatic nitrogens is 2. The van der Waals surface area contributed by atoms with Crippen molar-refractivity contribution in [2.75, 3.05) is 0 Å². The van der Waals surface area contributed by atoms with Crippen molar-refractivity contribution in [1.29, 1.82) is 0 Å². The molecule has 3 nitrogen and oxygen atoms in total. The standard InChI is InChI=1S/C16H11F3N2O/c1-21-13-8-7-11(16(17,18)19)9-12(13)14(20-15(21)22)10-5-3-2-4-6-10/h2-9H,1H3. The number of fused-ring (bicyclic) bond motifs is 1. The smallest absolute Gasteiger partial charge is 0.295 e. The average molecular weight is 304 g/mol. The molecule has 0 N–H and O–H groups in total. The van der Waals surface area contributed by atoms with Crippen LogP contribution in [0.4, 0.5) is 13.2 Å². The van der Waals surface area contributed by atoms with Gasteiger partial charge in [-0.25, -0.2) is 4.79 Å². The van der Waals surface area contributed by atoms with E-state index < -0.39 is 17.4 Å². The first-order valence-corrected chi connectivity index (χ1v) is 6.51. The van der Waals surface area contributed by atoms with E-state index in [1.807, 2.05) is 0 Å². The van der Waals surface area contributed by atoms with Gasteiger partial charge < -0.3 is 0 Å². The molecule has 0 aliphatic rings. The Hall–Kier alpha value is -2.63. The average Bonchev–Trinajstić information content (AvgIpc) is 2.50. The van der Waals surface area contributed by atoms with Crippen LogP contribution in [-0.4, -0.2) is 9.55 Å². The zero-order valence-electron chi connectivity index (χ0n) is 11.6. The molecule has 1 heterocycles. The summed E-state index contributed by atoms with van der Waals surface area (Å²) in [6.07, 6.45) is -4.45. The van der Waals surface area contributed by atoms with Crippen LogP contribution in [0.5, 0.6) is 0 Å². The fraction of sp³-hybridized carbons (Fsp3) is 0.125.